The van der Waals surface area contributed by atoms with E-state index in [-0.39, 0.29) is 21.7 Å². The number of urea groups is 1. The first-order valence-electron chi connectivity index (χ1n) is 5.77. The van der Waals surface area contributed by atoms with Crippen LogP contribution in [0.2, 0.25) is 5.02 Å². The van der Waals surface area contributed by atoms with Gasteiger partial charge in [0.25, 0.3) is 0 Å². The molecule has 0 fully saturated rings. The zero-order valence-electron chi connectivity index (χ0n) is 11.1. The Morgan fingerprint density at radius 2 is 1.95 bits per heavy atom. The van der Waals surface area contributed by atoms with E-state index in [1.54, 1.807) is 0 Å². The molecule has 0 aromatic heterocycles. The highest BCUT2D eigenvalue weighted by Crippen LogP contribution is 2.23. The van der Waals surface area contributed by atoms with E-state index in [0.29, 0.717) is 6.54 Å². The lowest BCUT2D eigenvalue weighted by Crippen LogP contribution is -2.35. The first kappa shape index (κ1) is 15.3. The van der Waals surface area contributed by atoms with Crippen molar-refractivity contribution in [3.05, 3.63) is 28.8 Å². The van der Waals surface area contributed by atoms with Crippen LogP contribution in [0.25, 0.3) is 0 Å². The summed E-state index contributed by atoms with van der Waals surface area (Å²) in [4.78, 5) is 22.5. The minimum absolute atomic E-state index is 0.0377. The molecule has 0 saturated carbocycles. The van der Waals surface area contributed by atoms with E-state index in [4.69, 9.17) is 16.7 Å². The van der Waals surface area contributed by atoms with Gasteiger partial charge in [0, 0.05) is 6.54 Å². The monoisotopic (exact) mass is 284 g/mol. The maximum absolute atomic E-state index is 11.7. The van der Waals surface area contributed by atoms with Crippen molar-refractivity contribution in [3.8, 4) is 0 Å². The van der Waals surface area contributed by atoms with Crippen molar-refractivity contribution in [1.29, 1.82) is 0 Å². The number of amides is 2. The number of halogens is 1. The summed E-state index contributed by atoms with van der Waals surface area (Å²) < 4.78 is 0. The van der Waals surface area contributed by atoms with Crippen LogP contribution >= 0.6 is 11.6 Å². The predicted molar refractivity (Wildman–Crippen MR) is 74.9 cm³/mol. The van der Waals surface area contributed by atoms with Gasteiger partial charge >= 0.3 is 12.0 Å². The molecule has 0 aliphatic rings. The topological polar surface area (TPSA) is 78.4 Å². The largest absolute Gasteiger partial charge is 0.478 e. The average molecular weight is 285 g/mol. The van der Waals surface area contributed by atoms with Crippen LogP contribution in [0.5, 0.6) is 0 Å². The molecule has 0 bridgehead atoms. The summed E-state index contributed by atoms with van der Waals surface area (Å²) in [6, 6.07) is 3.72. The van der Waals surface area contributed by atoms with Gasteiger partial charge in [-0.25, -0.2) is 9.59 Å². The number of carboxylic acids is 1. The van der Waals surface area contributed by atoms with Crippen molar-refractivity contribution >= 4 is 29.3 Å². The van der Waals surface area contributed by atoms with Crippen LogP contribution in [-0.2, 0) is 0 Å². The summed E-state index contributed by atoms with van der Waals surface area (Å²) in [6.45, 7) is 6.47. The van der Waals surface area contributed by atoms with E-state index in [0.717, 1.165) is 0 Å². The Bertz CT molecular complexity index is 495. The molecule has 19 heavy (non-hydrogen) atoms. The molecule has 0 saturated heterocycles. The summed E-state index contributed by atoms with van der Waals surface area (Å²) in [5.74, 6) is -1.07. The van der Waals surface area contributed by atoms with Crippen molar-refractivity contribution in [2.75, 3.05) is 11.9 Å². The zero-order chi connectivity index (χ0) is 14.6. The number of nitrogens with one attached hydrogen (secondary N) is 2. The molecule has 0 aliphatic carbocycles. The van der Waals surface area contributed by atoms with E-state index in [9.17, 15) is 9.59 Å². The summed E-state index contributed by atoms with van der Waals surface area (Å²) >= 11 is 5.90. The summed E-state index contributed by atoms with van der Waals surface area (Å²) in [7, 11) is 0. The maximum atomic E-state index is 11.7. The van der Waals surface area contributed by atoms with Gasteiger partial charge in [-0.2, -0.15) is 0 Å². The lowest BCUT2D eigenvalue weighted by atomic mass is 9.97. The molecule has 1 aromatic rings. The van der Waals surface area contributed by atoms with Crippen LogP contribution in [0.15, 0.2) is 18.2 Å². The third-order valence-corrected chi connectivity index (χ3v) is 2.57. The van der Waals surface area contributed by atoms with Crippen LogP contribution in [-0.4, -0.2) is 23.7 Å². The Morgan fingerprint density at radius 1 is 1.32 bits per heavy atom. The standard InChI is InChI=1S/C13H17ClN2O3/c1-13(2,3)7-15-12(19)16-10-6-8(11(17)18)4-5-9(10)14/h4-6H,7H2,1-3H3,(H,17,18)(H2,15,16,19). The molecule has 1 rings (SSSR count). The van der Waals surface area contributed by atoms with Gasteiger partial charge in [-0.3, -0.25) is 0 Å². The average Bonchev–Trinajstić information content (AvgIpc) is 2.28. The normalized spacial score (nSPS) is 10.9. The fraction of sp³-hybridized carbons (Fsp3) is 0.385. The van der Waals surface area contributed by atoms with Crippen molar-refractivity contribution in [3.63, 3.8) is 0 Å². The molecule has 2 amide bonds. The van der Waals surface area contributed by atoms with Crippen LogP contribution in [0, 0.1) is 5.41 Å². The third-order valence-electron chi connectivity index (χ3n) is 2.24. The second-order valence-corrected chi connectivity index (χ2v) is 5.78. The van der Waals surface area contributed by atoms with Crippen molar-refractivity contribution in [2.45, 2.75) is 20.8 Å². The molecule has 0 atom stereocenters. The number of hydrogen-bond donors (Lipinski definition) is 3. The number of carbonyl (C=O) groups is 2. The SMILES string of the molecule is CC(C)(C)CNC(=O)Nc1cc(C(=O)O)ccc1Cl. The number of hydrogen-bond acceptors (Lipinski definition) is 2. The number of carbonyl (C=O) groups excluding carboxylic acids is 1. The molecular formula is C13H17ClN2O3. The third kappa shape index (κ3) is 5.18. The predicted octanol–water partition coefficient (Wildman–Crippen LogP) is 3.21. The first-order valence-corrected chi connectivity index (χ1v) is 6.14. The second kappa shape index (κ2) is 5.93. The van der Waals surface area contributed by atoms with E-state index in [2.05, 4.69) is 10.6 Å². The molecule has 0 aliphatic heterocycles. The lowest BCUT2D eigenvalue weighted by molar-refractivity contribution is 0.0697. The molecular weight excluding hydrogens is 268 g/mol. The second-order valence-electron chi connectivity index (χ2n) is 5.37. The molecule has 0 heterocycles. The Balaban J connectivity index is 2.73. The van der Waals surface area contributed by atoms with Gasteiger partial charge < -0.3 is 15.7 Å². The van der Waals surface area contributed by atoms with Gasteiger partial charge in [-0.05, 0) is 23.6 Å². The van der Waals surface area contributed by atoms with Crippen LogP contribution < -0.4 is 10.6 Å². The zero-order valence-corrected chi connectivity index (χ0v) is 11.8. The number of rotatable bonds is 3. The number of aromatic carboxylic acids is 1. The van der Waals surface area contributed by atoms with Crippen molar-refractivity contribution in [1.82, 2.24) is 5.32 Å². The number of benzene rings is 1. The molecule has 0 unspecified atom stereocenters. The number of carboxylic acid groups (broad SMARTS) is 1. The fourth-order valence-electron chi connectivity index (χ4n) is 1.27. The fourth-order valence-corrected chi connectivity index (χ4v) is 1.43. The summed E-state index contributed by atoms with van der Waals surface area (Å²) in [5, 5.41) is 14.4. The molecule has 0 spiro atoms. The van der Waals surface area contributed by atoms with E-state index in [1.165, 1.54) is 18.2 Å². The van der Waals surface area contributed by atoms with Gasteiger partial charge in [0.05, 0.1) is 16.3 Å². The highest BCUT2D eigenvalue weighted by molar-refractivity contribution is 6.33. The highest BCUT2D eigenvalue weighted by atomic mass is 35.5. The molecule has 0 radical (unpaired) electrons. The first-order chi connectivity index (χ1) is 8.69. The molecule has 6 heteroatoms. The molecule has 5 nitrogen and oxygen atoms in total. The van der Waals surface area contributed by atoms with Gasteiger partial charge in [-0.15, -0.1) is 0 Å². The van der Waals surface area contributed by atoms with E-state index >= 15 is 0 Å². The number of anilines is 1. The van der Waals surface area contributed by atoms with E-state index in [1.807, 2.05) is 20.8 Å². The quantitative estimate of drug-likeness (QED) is 0.797. The van der Waals surface area contributed by atoms with Gasteiger partial charge in [0.1, 0.15) is 0 Å². The maximum Gasteiger partial charge on any atom is 0.335 e. The summed E-state index contributed by atoms with van der Waals surface area (Å²) in [5.41, 5.74) is 0.299. The molecule has 1 aromatic carbocycles. The Hall–Kier alpha value is -1.75. The Labute approximate surface area is 117 Å². The van der Waals surface area contributed by atoms with Crippen LogP contribution in [0.4, 0.5) is 10.5 Å². The minimum Gasteiger partial charge on any atom is -0.478 e. The van der Waals surface area contributed by atoms with Gasteiger partial charge in [-0.1, -0.05) is 32.4 Å². The summed E-state index contributed by atoms with van der Waals surface area (Å²) in [6.07, 6.45) is 0. The Kier molecular flexibility index (Phi) is 4.78. The van der Waals surface area contributed by atoms with Gasteiger partial charge in [0.15, 0.2) is 0 Å². The highest BCUT2D eigenvalue weighted by Gasteiger charge is 2.13. The van der Waals surface area contributed by atoms with Crippen LogP contribution in [0.1, 0.15) is 31.1 Å². The lowest BCUT2D eigenvalue weighted by Gasteiger charge is -2.19. The van der Waals surface area contributed by atoms with Crippen molar-refractivity contribution < 1.29 is 14.7 Å². The van der Waals surface area contributed by atoms with Gasteiger partial charge in [0.2, 0.25) is 0 Å². The van der Waals surface area contributed by atoms with Crippen LogP contribution in [0.3, 0.4) is 0 Å². The molecule has 104 valence electrons. The molecule has 3 N–H and O–H groups in total. The van der Waals surface area contributed by atoms with E-state index < -0.39 is 12.0 Å². The Morgan fingerprint density at radius 3 is 2.47 bits per heavy atom. The van der Waals surface area contributed by atoms with Crippen molar-refractivity contribution in [2.24, 2.45) is 5.41 Å². The minimum atomic E-state index is -1.07. The smallest absolute Gasteiger partial charge is 0.335 e.